The summed E-state index contributed by atoms with van der Waals surface area (Å²) in [5.74, 6) is -1.68. The predicted molar refractivity (Wildman–Crippen MR) is 276 cm³/mol. The van der Waals surface area contributed by atoms with Crippen LogP contribution in [0.1, 0.15) is 81.0 Å². The van der Waals surface area contributed by atoms with Crippen molar-refractivity contribution in [2.45, 2.75) is 108 Å². The quantitative estimate of drug-likeness (QED) is 0.113. The number of ether oxygens (including phenoxy) is 2. The molecule has 1 aromatic heterocycles. The number of halogens is 2. The number of likely N-dealkylation sites (N-methyl/N-ethyl adjacent to an activating group) is 2. The molecule has 3 N–H and O–H groups in total. The van der Waals surface area contributed by atoms with Crippen molar-refractivity contribution in [1.29, 1.82) is 0 Å². The van der Waals surface area contributed by atoms with Crippen LogP contribution in [-0.4, -0.2) is 117 Å². The number of benzene rings is 4. The van der Waals surface area contributed by atoms with E-state index in [1.807, 2.05) is 66.2 Å². The van der Waals surface area contributed by atoms with Gasteiger partial charge in [-0.2, -0.15) is 0 Å². The number of hydrogen-bond donors (Lipinski definition) is 3. The average Bonchev–Trinajstić information content (AvgIpc) is 3.76. The van der Waals surface area contributed by atoms with Crippen LogP contribution in [0.4, 0.5) is 0 Å². The lowest BCUT2D eigenvalue weighted by Crippen LogP contribution is -2.58. The number of imidazole rings is 1. The number of hydrogen-bond acceptors (Lipinski definition) is 9. The normalized spacial score (nSPS) is 22.4. The first-order chi connectivity index (χ1) is 34.5. The maximum absolute atomic E-state index is 15.2. The number of carbonyl (C=O) groups is 5. The van der Waals surface area contributed by atoms with Crippen LogP contribution in [0.15, 0.2) is 103 Å². The van der Waals surface area contributed by atoms with Crippen molar-refractivity contribution in [2.75, 3.05) is 27.8 Å². The van der Waals surface area contributed by atoms with Crippen molar-refractivity contribution in [3.63, 3.8) is 0 Å². The fourth-order valence-corrected chi connectivity index (χ4v) is 10.2. The highest BCUT2D eigenvalue weighted by Crippen LogP contribution is 2.33. The fourth-order valence-electron chi connectivity index (χ4n) is 9.87. The number of fused-ring (bicyclic) bond motifs is 1. The van der Waals surface area contributed by atoms with Gasteiger partial charge in [0.2, 0.25) is 29.5 Å². The van der Waals surface area contributed by atoms with Crippen molar-refractivity contribution >= 4 is 52.7 Å². The third-order valence-electron chi connectivity index (χ3n) is 14.0. The first-order valence-electron chi connectivity index (χ1n) is 24.5. The summed E-state index contributed by atoms with van der Waals surface area (Å²) < 4.78 is 13.8. The minimum absolute atomic E-state index is 0.0560. The Morgan fingerprint density at radius 3 is 2.15 bits per heavy atom. The van der Waals surface area contributed by atoms with Gasteiger partial charge in [-0.1, -0.05) is 84.6 Å². The number of nitrogens with one attached hydrogen (secondary N) is 2. The van der Waals surface area contributed by atoms with E-state index >= 15 is 9.59 Å². The number of nitrogens with zero attached hydrogens (tertiary/aromatic N) is 5. The second-order valence-corrected chi connectivity index (χ2v) is 19.9. The van der Waals surface area contributed by atoms with E-state index in [9.17, 15) is 19.5 Å². The maximum Gasteiger partial charge on any atom is 0.247 e. The molecule has 7 rings (SSSR count). The number of carbonyl (C=O) groups excluding carboxylic acids is 5. The molecule has 17 heteroatoms. The minimum atomic E-state index is -1.20. The zero-order valence-electron chi connectivity index (χ0n) is 41.7. The molecule has 5 amide bonds. The molecule has 0 spiro atoms. The molecule has 2 fully saturated rings. The van der Waals surface area contributed by atoms with Crippen LogP contribution in [0, 0.1) is 5.92 Å². The number of amides is 5. The molecule has 1 saturated carbocycles. The van der Waals surface area contributed by atoms with Crippen LogP contribution < -0.4 is 15.4 Å². The largest absolute Gasteiger partial charge is 0.457 e. The molecule has 0 bridgehead atoms. The van der Waals surface area contributed by atoms with E-state index in [1.54, 1.807) is 81.5 Å². The second-order valence-electron chi connectivity index (χ2n) is 19.0. The van der Waals surface area contributed by atoms with Crippen LogP contribution in [0.2, 0.25) is 10.0 Å². The van der Waals surface area contributed by atoms with Crippen molar-refractivity contribution < 1.29 is 38.6 Å². The van der Waals surface area contributed by atoms with Gasteiger partial charge in [-0.25, -0.2) is 4.98 Å². The molecule has 382 valence electrons. The first kappa shape index (κ1) is 53.5. The van der Waals surface area contributed by atoms with Gasteiger partial charge in [0.25, 0.3) is 0 Å². The van der Waals surface area contributed by atoms with Gasteiger partial charge in [0.1, 0.15) is 35.5 Å². The number of rotatable bonds is 12. The van der Waals surface area contributed by atoms with Crippen LogP contribution in [0.25, 0.3) is 11.3 Å². The summed E-state index contributed by atoms with van der Waals surface area (Å²) in [4.78, 5) is 82.6. The minimum Gasteiger partial charge on any atom is -0.457 e. The molecular formula is C55H65Cl2N7O8. The van der Waals surface area contributed by atoms with E-state index in [0.717, 1.165) is 35.2 Å². The number of methoxy groups -OCH3 is 1. The lowest BCUT2D eigenvalue weighted by molar-refractivity contribution is -0.147. The van der Waals surface area contributed by atoms with E-state index in [-0.39, 0.29) is 56.3 Å². The Morgan fingerprint density at radius 1 is 0.792 bits per heavy atom. The molecule has 1 aliphatic carbocycles. The van der Waals surface area contributed by atoms with E-state index in [4.69, 9.17) is 32.7 Å². The zero-order chi connectivity index (χ0) is 51.6. The fraction of sp³-hybridized carbons (Fsp3) is 0.418. The van der Waals surface area contributed by atoms with Crippen LogP contribution in [0.5, 0.6) is 11.5 Å². The molecule has 7 atom stereocenters. The molecule has 2 heterocycles. The molecule has 1 saturated heterocycles. The number of aromatic nitrogens is 2. The van der Waals surface area contributed by atoms with Crippen molar-refractivity contribution in [3.05, 3.63) is 136 Å². The van der Waals surface area contributed by atoms with Crippen molar-refractivity contribution in [2.24, 2.45) is 13.0 Å². The first-order valence-corrected chi connectivity index (χ1v) is 25.2. The summed E-state index contributed by atoms with van der Waals surface area (Å²) in [5, 5.41) is 17.2. The van der Waals surface area contributed by atoms with E-state index in [0.29, 0.717) is 52.2 Å². The van der Waals surface area contributed by atoms with Gasteiger partial charge >= 0.3 is 0 Å². The Hall–Kier alpha value is -6.26. The smallest absolute Gasteiger partial charge is 0.247 e. The Balaban J connectivity index is 1.26. The van der Waals surface area contributed by atoms with E-state index in [1.165, 1.54) is 16.9 Å². The SMILES string of the molecule is COC[C@@H]1NC(=O)[C@H](C)N(Cc2ccc(Cl)cc2Oc2ccc(-c3cnc(C(C)O)n3C)cc2)C(=O)C[C@@H](Cc2ccccc2)C(=O)N(C)[C@H]2CCCC[C@@H]2NC(=O)C[C@H](Cc2ccc(Cl)cc2)N(C)C1=O. The highest BCUT2D eigenvalue weighted by atomic mass is 35.5. The van der Waals surface area contributed by atoms with Gasteiger partial charge in [-0.3, -0.25) is 24.0 Å². The van der Waals surface area contributed by atoms with Crippen molar-refractivity contribution in [1.82, 2.24) is 34.9 Å². The summed E-state index contributed by atoms with van der Waals surface area (Å²) in [5.41, 5.74) is 3.86. The summed E-state index contributed by atoms with van der Waals surface area (Å²) in [6, 6.07) is 25.3. The van der Waals surface area contributed by atoms with E-state index < -0.39 is 47.9 Å². The molecule has 1 aliphatic heterocycles. The Kier molecular flexibility index (Phi) is 18.2. The number of aliphatic hydroxyl groups is 1. The van der Waals surface area contributed by atoms with Crippen LogP contribution in [0.3, 0.4) is 0 Å². The summed E-state index contributed by atoms with van der Waals surface area (Å²) in [6.45, 7) is 2.90. The lowest BCUT2D eigenvalue weighted by atomic mass is 9.87. The molecular weight excluding hydrogens is 958 g/mol. The molecule has 5 aromatic rings. The summed E-state index contributed by atoms with van der Waals surface area (Å²) >= 11 is 12.8. The maximum atomic E-state index is 15.2. The van der Waals surface area contributed by atoms with Gasteiger partial charge in [-0.15, -0.1) is 0 Å². The Bertz CT molecular complexity index is 2680. The number of aliphatic hydroxyl groups excluding tert-OH is 1. The third-order valence-corrected chi connectivity index (χ3v) is 14.5. The Labute approximate surface area is 431 Å². The second kappa shape index (κ2) is 24.4. The van der Waals surface area contributed by atoms with Gasteiger partial charge in [0, 0.05) is 74.4 Å². The van der Waals surface area contributed by atoms with Crippen LogP contribution in [-0.2, 0) is 55.1 Å². The van der Waals surface area contributed by atoms with E-state index in [2.05, 4.69) is 15.6 Å². The van der Waals surface area contributed by atoms with Gasteiger partial charge < -0.3 is 44.5 Å². The predicted octanol–water partition coefficient (Wildman–Crippen LogP) is 7.70. The van der Waals surface area contributed by atoms with Gasteiger partial charge in [0.05, 0.1) is 37.0 Å². The molecule has 2 aliphatic rings. The topological polar surface area (TPSA) is 176 Å². The van der Waals surface area contributed by atoms with Gasteiger partial charge in [-0.05, 0) is 99.2 Å². The molecule has 1 unspecified atom stereocenters. The molecule has 15 nitrogen and oxygen atoms in total. The Morgan fingerprint density at radius 2 is 1.47 bits per heavy atom. The standard InChI is InChI=1S/C55H65Cl2N7O8/c1-34-53(68)60-46(33-71-6)55(70)61(3)43(27-37-16-21-41(56)22-17-37)30-50(66)59-45-14-10-11-15-47(45)63(5)54(69)40(26-36-12-8-7-9-13-36)28-51(67)64(34)32-39-18-23-42(57)29-49(39)72-44-24-19-38(20-25-44)48-31-58-52(35(2)65)62(48)4/h7-9,12-13,16-25,29,31,34-35,40,43,45-47,65H,10-11,14-15,26-28,30,32-33H2,1-6H3,(H,59,66)(H,60,68)/t34-,35?,40+,43-,45-,46-,47-/m0/s1. The monoisotopic (exact) mass is 1020 g/mol. The lowest BCUT2D eigenvalue weighted by Gasteiger charge is -2.40. The molecule has 72 heavy (non-hydrogen) atoms. The summed E-state index contributed by atoms with van der Waals surface area (Å²) in [6.07, 6.45) is 4.16. The highest BCUT2D eigenvalue weighted by Gasteiger charge is 2.39. The zero-order valence-corrected chi connectivity index (χ0v) is 43.2. The molecule has 0 radical (unpaired) electrons. The van der Waals surface area contributed by atoms with Crippen LogP contribution >= 0.6 is 23.2 Å². The average molecular weight is 1020 g/mol. The van der Waals surface area contributed by atoms with Crippen molar-refractivity contribution in [3.8, 4) is 22.8 Å². The highest BCUT2D eigenvalue weighted by molar-refractivity contribution is 6.31. The third kappa shape index (κ3) is 13.2. The molecule has 4 aromatic carbocycles. The van der Waals surface area contributed by atoms with Gasteiger partial charge in [0.15, 0.2) is 0 Å². The summed E-state index contributed by atoms with van der Waals surface area (Å²) in [7, 11) is 6.60.